The van der Waals surface area contributed by atoms with E-state index in [0.29, 0.717) is 12.3 Å². The fourth-order valence-corrected chi connectivity index (χ4v) is 1.95. The zero-order valence-corrected chi connectivity index (χ0v) is 9.29. The fourth-order valence-electron chi connectivity index (χ4n) is 1.95. The van der Waals surface area contributed by atoms with Crippen molar-refractivity contribution in [2.45, 2.75) is 38.1 Å². The first-order chi connectivity index (χ1) is 7.26. The van der Waals surface area contributed by atoms with E-state index in [2.05, 4.69) is 10.6 Å². The highest BCUT2D eigenvalue weighted by Gasteiger charge is 2.20. The molecular weight excluding hydrogens is 192 g/mol. The van der Waals surface area contributed by atoms with Crippen molar-refractivity contribution in [3.63, 3.8) is 0 Å². The van der Waals surface area contributed by atoms with E-state index >= 15 is 0 Å². The molecule has 4 nitrogen and oxygen atoms in total. The molecule has 2 N–H and O–H groups in total. The minimum absolute atomic E-state index is 0.00617. The zero-order chi connectivity index (χ0) is 11.1. The predicted octanol–water partition coefficient (Wildman–Crippen LogP) is 0.470. The van der Waals surface area contributed by atoms with E-state index in [1.165, 1.54) is 0 Å². The summed E-state index contributed by atoms with van der Waals surface area (Å²) in [6, 6.07) is -0.00617. The number of likely N-dealkylation sites (N-methyl/N-ethyl adjacent to an activating group) is 1. The smallest absolute Gasteiger partial charge is 0.220 e. The van der Waals surface area contributed by atoms with Crippen molar-refractivity contribution in [2.24, 2.45) is 5.92 Å². The molecule has 0 radical (unpaired) electrons. The van der Waals surface area contributed by atoms with E-state index in [1.54, 1.807) is 7.05 Å². The van der Waals surface area contributed by atoms with E-state index in [4.69, 9.17) is 0 Å². The number of carbonyl (C=O) groups is 2. The van der Waals surface area contributed by atoms with E-state index in [0.717, 1.165) is 38.5 Å². The maximum atomic E-state index is 10.9. The maximum absolute atomic E-state index is 10.9. The quantitative estimate of drug-likeness (QED) is 0.476. The van der Waals surface area contributed by atoms with Gasteiger partial charge in [0.1, 0.15) is 6.29 Å². The molecule has 0 aromatic heterocycles. The van der Waals surface area contributed by atoms with Crippen LogP contribution in [0.15, 0.2) is 0 Å². The summed E-state index contributed by atoms with van der Waals surface area (Å²) in [5.41, 5.74) is 0. The van der Waals surface area contributed by atoms with Gasteiger partial charge in [0.05, 0.1) is 6.04 Å². The molecule has 4 heteroatoms. The molecule has 0 aromatic rings. The lowest BCUT2D eigenvalue weighted by molar-refractivity contribution is -0.119. The molecule has 0 spiro atoms. The highest BCUT2D eigenvalue weighted by Crippen LogP contribution is 2.17. The second kappa shape index (κ2) is 6.56. The van der Waals surface area contributed by atoms with Gasteiger partial charge in [0, 0.05) is 13.0 Å². The summed E-state index contributed by atoms with van der Waals surface area (Å²) in [7, 11) is 1.80. The van der Waals surface area contributed by atoms with Crippen molar-refractivity contribution in [1.82, 2.24) is 10.6 Å². The van der Waals surface area contributed by atoms with Crippen LogP contribution in [0.1, 0.15) is 32.1 Å². The molecule has 0 saturated carbocycles. The van der Waals surface area contributed by atoms with Crippen molar-refractivity contribution >= 4 is 12.2 Å². The lowest BCUT2D eigenvalue weighted by atomic mass is 9.99. The second-order valence-electron chi connectivity index (χ2n) is 4.19. The van der Waals surface area contributed by atoms with E-state index in [9.17, 15) is 9.59 Å². The Hall–Kier alpha value is -0.900. The van der Waals surface area contributed by atoms with Crippen LogP contribution in [0, 0.1) is 5.92 Å². The molecule has 1 amide bonds. The van der Waals surface area contributed by atoms with Gasteiger partial charge in [0.2, 0.25) is 5.91 Å². The normalized spacial score (nSPS) is 22.5. The minimum atomic E-state index is -0.00617. The molecule has 15 heavy (non-hydrogen) atoms. The Morgan fingerprint density at radius 1 is 1.60 bits per heavy atom. The molecule has 0 unspecified atom stereocenters. The third-order valence-electron chi connectivity index (χ3n) is 2.97. The van der Waals surface area contributed by atoms with Gasteiger partial charge in [0.25, 0.3) is 0 Å². The number of amides is 1. The summed E-state index contributed by atoms with van der Waals surface area (Å²) < 4.78 is 0. The first kappa shape index (κ1) is 12.2. The van der Waals surface area contributed by atoms with Gasteiger partial charge >= 0.3 is 0 Å². The zero-order valence-electron chi connectivity index (χ0n) is 9.29. The van der Waals surface area contributed by atoms with Crippen LogP contribution >= 0.6 is 0 Å². The summed E-state index contributed by atoms with van der Waals surface area (Å²) in [6.45, 7) is 0.835. The van der Waals surface area contributed by atoms with Gasteiger partial charge in [-0.05, 0) is 25.8 Å². The highest BCUT2D eigenvalue weighted by molar-refractivity contribution is 5.78. The van der Waals surface area contributed by atoms with Gasteiger partial charge in [-0.3, -0.25) is 4.79 Å². The molecule has 1 aliphatic rings. The Balaban J connectivity index is 2.01. The molecule has 1 saturated heterocycles. The van der Waals surface area contributed by atoms with Crippen LogP contribution in [0.2, 0.25) is 0 Å². The van der Waals surface area contributed by atoms with Gasteiger partial charge in [-0.15, -0.1) is 0 Å². The molecule has 86 valence electrons. The largest absolute Gasteiger partial charge is 0.356 e. The maximum Gasteiger partial charge on any atom is 0.220 e. The first-order valence-corrected chi connectivity index (χ1v) is 5.65. The van der Waals surface area contributed by atoms with Gasteiger partial charge in [0.15, 0.2) is 0 Å². The summed E-state index contributed by atoms with van der Waals surface area (Å²) in [5, 5.41) is 5.79. The molecule has 0 bridgehead atoms. The van der Waals surface area contributed by atoms with Crippen molar-refractivity contribution < 1.29 is 9.59 Å². The second-order valence-corrected chi connectivity index (χ2v) is 4.19. The van der Waals surface area contributed by atoms with Gasteiger partial charge in [-0.2, -0.15) is 0 Å². The van der Waals surface area contributed by atoms with Crippen LogP contribution in [0.3, 0.4) is 0 Å². The lowest BCUT2D eigenvalue weighted by Gasteiger charge is -2.09. The number of nitrogens with one attached hydrogen (secondary N) is 2. The highest BCUT2D eigenvalue weighted by atomic mass is 16.1. The van der Waals surface area contributed by atoms with E-state index < -0.39 is 0 Å². The minimum Gasteiger partial charge on any atom is -0.356 e. The molecular formula is C11H20N2O2. The van der Waals surface area contributed by atoms with Crippen LogP contribution in [0.5, 0.6) is 0 Å². The number of hydrogen-bond acceptors (Lipinski definition) is 3. The van der Waals surface area contributed by atoms with E-state index in [-0.39, 0.29) is 11.9 Å². The first-order valence-electron chi connectivity index (χ1n) is 5.65. The summed E-state index contributed by atoms with van der Waals surface area (Å²) in [4.78, 5) is 21.4. The molecule has 0 aliphatic carbocycles. The average molecular weight is 212 g/mol. The Morgan fingerprint density at radius 2 is 2.40 bits per heavy atom. The summed E-state index contributed by atoms with van der Waals surface area (Å²) in [5.74, 6) is 0.697. The topological polar surface area (TPSA) is 58.2 Å². The number of carbonyl (C=O) groups excluding carboxylic acids is 2. The summed E-state index contributed by atoms with van der Waals surface area (Å²) >= 11 is 0. The van der Waals surface area contributed by atoms with Crippen molar-refractivity contribution in [2.75, 3.05) is 13.6 Å². The Labute approximate surface area is 90.8 Å². The number of aldehydes is 1. The molecule has 1 fully saturated rings. The third kappa shape index (κ3) is 4.42. The molecule has 1 heterocycles. The standard InChI is InChI=1S/C11H20N2O2/c1-12-10(8-14)5-3-2-4-9-6-11(15)13-7-9/h8-10,12H,2-7H2,1H3,(H,13,15)/t9-,10+/m1/s1. The van der Waals surface area contributed by atoms with E-state index in [1.807, 2.05) is 0 Å². The van der Waals surface area contributed by atoms with Gasteiger partial charge < -0.3 is 15.4 Å². The van der Waals surface area contributed by atoms with Gasteiger partial charge in [-0.1, -0.05) is 12.8 Å². The number of unbranched alkanes of at least 4 members (excludes halogenated alkanes) is 1. The van der Waals surface area contributed by atoms with Gasteiger partial charge in [-0.25, -0.2) is 0 Å². The monoisotopic (exact) mass is 212 g/mol. The van der Waals surface area contributed by atoms with Crippen LogP contribution in [0.4, 0.5) is 0 Å². The van der Waals surface area contributed by atoms with Crippen molar-refractivity contribution in [3.05, 3.63) is 0 Å². The van der Waals surface area contributed by atoms with Crippen LogP contribution in [-0.2, 0) is 9.59 Å². The van der Waals surface area contributed by atoms with Crippen LogP contribution in [0.25, 0.3) is 0 Å². The molecule has 2 atom stereocenters. The third-order valence-corrected chi connectivity index (χ3v) is 2.97. The Bertz CT molecular complexity index is 219. The lowest BCUT2D eigenvalue weighted by Crippen LogP contribution is -2.26. The number of hydrogen-bond donors (Lipinski definition) is 2. The van der Waals surface area contributed by atoms with Crippen LogP contribution < -0.4 is 10.6 Å². The summed E-state index contributed by atoms with van der Waals surface area (Å²) in [6.07, 6.45) is 5.78. The van der Waals surface area contributed by atoms with Crippen molar-refractivity contribution in [3.8, 4) is 0 Å². The Kier molecular flexibility index (Phi) is 5.32. The fraction of sp³-hybridized carbons (Fsp3) is 0.818. The number of rotatable bonds is 7. The van der Waals surface area contributed by atoms with Crippen LogP contribution in [-0.4, -0.2) is 31.8 Å². The SMILES string of the molecule is CN[C@H](C=O)CCCC[C@H]1CNC(=O)C1. The Morgan fingerprint density at radius 3 is 2.93 bits per heavy atom. The molecule has 0 aromatic carbocycles. The predicted molar refractivity (Wildman–Crippen MR) is 58.5 cm³/mol. The molecule has 1 rings (SSSR count). The van der Waals surface area contributed by atoms with Crippen molar-refractivity contribution in [1.29, 1.82) is 0 Å². The molecule has 1 aliphatic heterocycles. The average Bonchev–Trinajstić information content (AvgIpc) is 2.65.